The first-order valence-corrected chi connectivity index (χ1v) is 10.4. The second-order valence-electron chi connectivity index (χ2n) is 6.63. The molecule has 0 radical (unpaired) electrons. The maximum absolute atomic E-state index is 10.5. The molecule has 0 unspecified atom stereocenters. The maximum Gasteiger partial charge on any atom is 0.353 e. The van der Waals surface area contributed by atoms with Crippen LogP contribution in [0.1, 0.15) is 18.1 Å². The lowest BCUT2D eigenvalue weighted by atomic mass is 10.1. The van der Waals surface area contributed by atoms with Crippen LogP contribution in [0.25, 0.3) is 12.2 Å². The van der Waals surface area contributed by atoms with Gasteiger partial charge in [0, 0.05) is 11.1 Å². The molecule has 2 rings (SSSR count). The lowest BCUT2D eigenvalue weighted by Crippen LogP contribution is -2.08. The molecule has 2 aromatic rings. The Morgan fingerprint density at radius 2 is 1.34 bits per heavy atom. The largest absolute Gasteiger partial charge is 0.497 e. The highest BCUT2D eigenvalue weighted by Gasteiger charge is 2.03. The van der Waals surface area contributed by atoms with Crippen LogP contribution in [0.15, 0.2) is 53.7 Å². The SMILES string of the molecule is COc1ccc(OC)c(/C=C/CO/N=C(/C)C(=O)O)c1.COc1ccc(OC)c(/C=C/CON)c1. The molecule has 2 aromatic carbocycles. The monoisotopic (exact) mass is 488 g/mol. The molecule has 0 spiro atoms. The van der Waals surface area contributed by atoms with E-state index in [1.54, 1.807) is 58.8 Å². The number of nitrogens with zero attached hydrogens (tertiary/aromatic N) is 1. The summed E-state index contributed by atoms with van der Waals surface area (Å²) in [5.74, 6) is 6.78. The van der Waals surface area contributed by atoms with E-state index in [9.17, 15) is 4.79 Å². The molecule has 0 aliphatic carbocycles. The minimum Gasteiger partial charge on any atom is -0.497 e. The predicted molar refractivity (Wildman–Crippen MR) is 134 cm³/mol. The number of nitrogens with two attached hydrogens (primary N) is 1. The van der Waals surface area contributed by atoms with Gasteiger partial charge in [-0.3, -0.25) is 0 Å². The van der Waals surface area contributed by atoms with Crippen LogP contribution in [0.5, 0.6) is 23.0 Å². The number of hydrogen-bond acceptors (Lipinski definition) is 9. The van der Waals surface area contributed by atoms with Crippen molar-refractivity contribution in [3.05, 3.63) is 59.7 Å². The number of methoxy groups -OCH3 is 4. The van der Waals surface area contributed by atoms with E-state index in [0.717, 1.165) is 22.6 Å². The quantitative estimate of drug-likeness (QED) is 0.260. The predicted octanol–water partition coefficient (Wildman–Crippen LogP) is 3.80. The van der Waals surface area contributed by atoms with E-state index in [-0.39, 0.29) is 12.3 Å². The molecule has 190 valence electrons. The summed E-state index contributed by atoms with van der Waals surface area (Å²) < 4.78 is 20.7. The first-order valence-electron chi connectivity index (χ1n) is 10.4. The Morgan fingerprint density at radius 1 is 0.857 bits per heavy atom. The molecule has 3 N–H and O–H groups in total. The van der Waals surface area contributed by atoms with Crippen LogP contribution >= 0.6 is 0 Å². The zero-order chi connectivity index (χ0) is 26.1. The summed E-state index contributed by atoms with van der Waals surface area (Å²) >= 11 is 0. The van der Waals surface area contributed by atoms with Gasteiger partial charge < -0.3 is 33.7 Å². The molecule has 35 heavy (non-hydrogen) atoms. The summed E-state index contributed by atoms with van der Waals surface area (Å²) in [6.07, 6.45) is 7.16. The summed E-state index contributed by atoms with van der Waals surface area (Å²) in [4.78, 5) is 19.8. The molecule has 0 atom stereocenters. The first-order chi connectivity index (χ1) is 16.9. The lowest BCUT2D eigenvalue weighted by molar-refractivity contribution is -0.129. The number of aliphatic carboxylic acids is 1. The van der Waals surface area contributed by atoms with Crippen molar-refractivity contribution in [2.75, 3.05) is 41.7 Å². The molecule has 0 amide bonds. The summed E-state index contributed by atoms with van der Waals surface area (Å²) in [5, 5.41) is 12.0. The Hall–Kier alpha value is -4.02. The normalized spacial score (nSPS) is 11.1. The molecule has 0 aromatic heterocycles. The van der Waals surface area contributed by atoms with Crippen LogP contribution in [-0.4, -0.2) is 58.4 Å². The minimum absolute atomic E-state index is 0.0997. The van der Waals surface area contributed by atoms with Crippen LogP contribution in [-0.2, 0) is 14.5 Å². The molecule has 0 saturated heterocycles. The van der Waals surface area contributed by atoms with E-state index in [4.69, 9.17) is 34.8 Å². The summed E-state index contributed by atoms with van der Waals surface area (Å²) in [7, 11) is 6.41. The number of carboxylic acids is 1. The average Bonchev–Trinajstić information content (AvgIpc) is 2.88. The third kappa shape index (κ3) is 10.6. The van der Waals surface area contributed by atoms with Gasteiger partial charge in [0.1, 0.15) is 29.6 Å². The summed E-state index contributed by atoms with van der Waals surface area (Å²) in [6, 6.07) is 11.0. The van der Waals surface area contributed by atoms with Crippen molar-refractivity contribution >= 4 is 23.8 Å². The van der Waals surface area contributed by atoms with E-state index in [1.807, 2.05) is 30.3 Å². The minimum atomic E-state index is -1.11. The number of carboxylic acid groups (broad SMARTS) is 1. The summed E-state index contributed by atoms with van der Waals surface area (Å²) in [6.45, 7) is 1.88. The van der Waals surface area contributed by atoms with Crippen LogP contribution < -0.4 is 24.8 Å². The molecule has 0 saturated carbocycles. The second kappa shape index (κ2) is 16.6. The van der Waals surface area contributed by atoms with Gasteiger partial charge >= 0.3 is 5.97 Å². The van der Waals surface area contributed by atoms with Crippen molar-refractivity contribution < 1.29 is 38.5 Å². The number of ether oxygens (including phenoxy) is 4. The Balaban J connectivity index is 0.000000365. The molecule has 0 fully saturated rings. The number of benzene rings is 2. The second-order valence-corrected chi connectivity index (χ2v) is 6.63. The molecule has 10 nitrogen and oxygen atoms in total. The first kappa shape index (κ1) is 29.0. The van der Waals surface area contributed by atoms with Crippen molar-refractivity contribution in [1.29, 1.82) is 0 Å². The molecular weight excluding hydrogens is 456 g/mol. The Morgan fingerprint density at radius 3 is 1.74 bits per heavy atom. The van der Waals surface area contributed by atoms with Gasteiger partial charge in [-0.05, 0) is 49.4 Å². The van der Waals surface area contributed by atoms with Crippen LogP contribution in [0.2, 0.25) is 0 Å². The van der Waals surface area contributed by atoms with Gasteiger partial charge in [0.15, 0.2) is 5.71 Å². The Bertz CT molecular complexity index is 1020. The van der Waals surface area contributed by atoms with Crippen molar-refractivity contribution in [3.63, 3.8) is 0 Å². The van der Waals surface area contributed by atoms with Gasteiger partial charge in [-0.25, -0.2) is 10.7 Å². The zero-order valence-electron chi connectivity index (χ0n) is 20.5. The maximum atomic E-state index is 10.5. The van der Waals surface area contributed by atoms with Crippen molar-refractivity contribution in [1.82, 2.24) is 0 Å². The lowest BCUT2D eigenvalue weighted by Gasteiger charge is -2.07. The number of carbonyl (C=O) groups is 1. The van der Waals surface area contributed by atoms with Crippen LogP contribution in [0.3, 0.4) is 0 Å². The smallest absolute Gasteiger partial charge is 0.353 e. The van der Waals surface area contributed by atoms with Gasteiger partial charge in [0.2, 0.25) is 0 Å². The zero-order valence-corrected chi connectivity index (χ0v) is 20.5. The van der Waals surface area contributed by atoms with Gasteiger partial charge in [0.25, 0.3) is 0 Å². The Kier molecular flexibility index (Phi) is 13.7. The van der Waals surface area contributed by atoms with E-state index >= 15 is 0 Å². The fourth-order valence-corrected chi connectivity index (χ4v) is 2.56. The summed E-state index contributed by atoms with van der Waals surface area (Å²) in [5.41, 5.74) is 1.65. The molecule has 0 bridgehead atoms. The number of rotatable bonds is 12. The fourth-order valence-electron chi connectivity index (χ4n) is 2.56. The van der Waals surface area contributed by atoms with Crippen LogP contribution in [0, 0.1) is 0 Å². The van der Waals surface area contributed by atoms with E-state index in [0.29, 0.717) is 18.1 Å². The highest BCUT2D eigenvalue weighted by molar-refractivity contribution is 6.34. The van der Waals surface area contributed by atoms with E-state index < -0.39 is 5.97 Å². The molecule has 0 aliphatic rings. The molecular formula is C25H32N2O8. The number of hydrogen-bond donors (Lipinski definition) is 2. The highest BCUT2D eigenvalue weighted by Crippen LogP contribution is 2.25. The van der Waals surface area contributed by atoms with Crippen LogP contribution in [0.4, 0.5) is 0 Å². The fraction of sp³-hybridized carbons (Fsp3) is 0.280. The Labute approximate surface area is 205 Å². The third-order valence-electron chi connectivity index (χ3n) is 4.34. The van der Waals surface area contributed by atoms with E-state index in [1.165, 1.54) is 6.92 Å². The van der Waals surface area contributed by atoms with Crippen molar-refractivity contribution in [3.8, 4) is 23.0 Å². The van der Waals surface area contributed by atoms with E-state index in [2.05, 4.69) is 9.99 Å². The topological polar surface area (TPSA) is 131 Å². The highest BCUT2D eigenvalue weighted by atomic mass is 16.6. The third-order valence-corrected chi connectivity index (χ3v) is 4.34. The van der Waals surface area contributed by atoms with Gasteiger partial charge in [0.05, 0.1) is 35.0 Å². The standard InChI is InChI=1S/C14H17NO5.C11H15NO3/c1-10(14(16)17)15-20-8-4-5-11-9-12(18-2)6-7-13(11)19-3;1-13-10-5-6-11(14-2)9(8-10)4-3-7-15-12/h4-7,9H,8H2,1-3H3,(H,16,17);3-6,8H,7,12H2,1-2H3/b5-4+,15-10-;4-3+. The van der Waals surface area contributed by atoms with Crippen molar-refractivity contribution in [2.24, 2.45) is 11.1 Å². The van der Waals surface area contributed by atoms with Gasteiger partial charge in [-0.2, -0.15) is 0 Å². The molecule has 0 heterocycles. The molecule has 0 aliphatic heterocycles. The molecule has 10 heteroatoms. The number of oxime groups is 1. The average molecular weight is 489 g/mol. The van der Waals surface area contributed by atoms with Gasteiger partial charge in [-0.15, -0.1) is 0 Å². The van der Waals surface area contributed by atoms with Crippen molar-refractivity contribution in [2.45, 2.75) is 6.92 Å². The van der Waals surface area contributed by atoms with Gasteiger partial charge in [-0.1, -0.05) is 23.4 Å².